The van der Waals surface area contributed by atoms with Crippen LogP contribution in [0, 0.1) is 0 Å². The molecule has 2 aliphatic rings. The Morgan fingerprint density at radius 3 is 2.89 bits per heavy atom. The maximum atomic E-state index is 13.5. The lowest BCUT2D eigenvalue weighted by molar-refractivity contribution is -0.135. The molecule has 0 N–H and O–H groups in total. The molecule has 1 aromatic heterocycles. The molecule has 144 valence electrons. The maximum absolute atomic E-state index is 13.5. The summed E-state index contributed by atoms with van der Waals surface area (Å²) in [4.78, 5) is 26.8. The van der Waals surface area contributed by atoms with E-state index in [0.29, 0.717) is 30.1 Å². The number of alkyl halides is 2. The standard InChI is InChI=1S/C18H19ClF2N4O2/c19-13-4-1-3-12(9-13)10-24-17(27)25-14(5-2-6-15(25)22-24)16(26)23-8-7-18(20,21)11-23/h1,3-4,9,14H,2,5-8,10-11H2. The number of aromatic nitrogens is 3. The average Bonchev–Trinajstić information content (AvgIpc) is 3.14. The van der Waals surface area contributed by atoms with Gasteiger partial charge in [-0.2, -0.15) is 5.10 Å². The molecule has 1 unspecified atom stereocenters. The molecule has 2 aliphatic heterocycles. The highest BCUT2D eigenvalue weighted by molar-refractivity contribution is 6.30. The van der Waals surface area contributed by atoms with Crippen LogP contribution in [0.4, 0.5) is 8.78 Å². The van der Waals surface area contributed by atoms with Gasteiger partial charge in [-0.1, -0.05) is 23.7 Å². The van der Waals surface area contributed by atoms with Crippen molar-refractivity contribution in [3.05, 3.63) is 51.2 Å². The summed E-state index contributed by atoms with van der Waals surface area (Å²) in [5, 5.41) is 4.93. The molecular weight excluding hydrogens is 378 g/mol. The number of fused-ring (bicyclic) bond motifs is 1. The topological polar surface area (TPSA) is 60.1 Å². The number of amides is 1. The molecule has 0 bridgehead atoms. The van der Waals surface area contributed by atoms with Crippen molar-refractivity contribution in [3.8, 4) is 0 Å². The van der Waals surface area contributed by atoms with E-state index in [1.165, 1.54) is 14.1 Å². The summed E-state index contributed by atoms with van der Waals surface area (Å²) in [7, 11) is 0. The molecule has 3 heterocycles. The van der Waals surface area contributed by atoms with Crippen LogP contribution < -0.4 is 5.69 Å². The molecule has 9 heteroatoms. The van der Waals surface area contributed by atoms with Crippen LogP contribution in [0.2, 0.25) is 5.02 Å². The Kier molecular flexibility index (Phi) is 4.53. The number of hydrogen-bond donors (Lipinski definition) is 0. The van der Waals surface area contributed by atoms with E-state index in [9.17, 15) is 18.4 Å². The first-order chi connectivity index (χ1) is 12.8. The van der Waals surface area contributed by atoms with Crippen LogP contribution in [0.1, 0.15) is 36.7 Å². The van der Waals surface area contributed by atoms with Crippen LogP contribution in [0.25, 0.3) is 0 Å². The first-order valence-corrected chi connectivity index (χ1v) is 9.31. The van der Waals surface area contributed by atoms with Gasteiger partial charge in [-0.05, 0) is 30.5 Å². The summed E-state index contributed by atoms with van der Waals surface area (Å²) in [5.74, 6) is -2.75. The minimum Gasteiger partial charge on any atom is -0.335 e. The van der Waals surface area contributed by atoms with E-state index in [-0.39, 0.29) is 19.5 Å². The molecule has 1 saturated heterocycles. The van der Waals surface area contributed by atoms with Gasteiger partial charge in [-0.15, -0.1) is 0 Å². The largest absolute Gasteiger partial charge is 0.346 e. The van der Waals surface area contributed by atoms with E-state index >= 15 is 0 Å². The monoisotopic (exact) mass is 396 g/mol. The number of hydrogen-bond acceptors (Lipinski definition) is 3. The Morgan fingerprint density at radius 2 is 2.19 bits per heavy atom. The van der Waals surface area contributed by atoms with Crippen molar-refractivity contribution in [2.75, 3.05) is 13.1 Å². The maximum Gasteiger partial charge on any atom is 0.346 e. The van der Waals surface area contributed by atoms with Gasteiger partial charge in [0.1, 0.15) is 11.9 Å². The first kappa shape index (κ1) is 18.2. The highest BCUT2D eigenvalue weighted by Gasteiger charge is 2.43. The van der Waals surface area contributed by atoms with E-state index in [1.54, 1.807) is 18.2 Å². The van der Waals surface area contributed by atoms with Gasteiger partial charge in [0.05, 0.1) is 13.1 Å². The van der Waals surface area contributed by atoms with Gasteiger partial charge in [-0.3, -0.25) is 9.36 Å². The van der Waals surface area contributed by atoms with Gasteiger partial charge in [0.25, 0.3) is 5.92 Å². The third-order valence-corrected chi connectivity index (χ3v) is 5.35. The van der Waals surface area contributed by atoms with Crippen molar-refractivity contribution in [1.82, 2.24) is 19.2 Å². The van der Waals surface area contributed by atoms with Crippen molar-refractivity contribution in [2.45, 2.75) is 44.2 Å². The Morgan fingerprint density at radius 1 is 1.37 bits per heavy atom. The number of likely N-dealkylation sites (tertiary alicyclic amines) is 1. The van der Waals surface area contributed by atoms with Crippen molar-refractivity contribution >= 4 is 17.5 Å². The molecule has 0 spiro atoms. The molecular formula is C18H19ClF2N4O2. The lowest BCUT2D eigenvalue weighted by Gasteiger charge is -2.27. The van der Waals surface area contributed by atoms with E-state index in [4.69, 9.17) is 11.6 Å². The molecule has 27 heavy (non-hydrogen) atoms. The predicted octanol–water partition coefficient (Wildman–Crippen LogP) is 2.49. The summed E-state index contributed by atoms with van der Waals surface area (Å²) in [6, 6.07) is 6.36. The van der Waals surface area contributed by atoms with Crippen LogP contribution in [0.15, 0.2) is 29.1 Å². The van der Waals surface area contributed by atoms with Gasteiger partial charge in [-0.25, -0.2) is 18.3 Å². The van der Waals surface area contributed by atoms with Crippen LogP contribution >= 0.6 is 11.6 Å². The summed E-state index contributed by atoms with van der Waals surface area (Å²) < 4.78 is 29.7. The molecule has 2 aromatic rings. The summed E-state index contributed by atoms with van der Waals surface area (Å²) in [5.41, 5.74) is 0.427. The fourth-order valence-electron chi connectivity index (χ4n) is 3.81. The van der Waals surface area contributed by atoms with E-state index in [0.717, 1.165) is 5.56 Å². The van der Waals surface area contributed by atoms with Gasteiger partial charge in [0.15, 0.2) is 0 Å². The van der Waals surface area contributed by atoms with Crippen LogP contribution in [-0.4, -0.2) is 44.2 Å². The van der Waals surface area contributed by atoms with Gasteiger partial charge in [0, 0.05) is 24.4 Å². The second-order valence-electron chi connectivity index (χ2n) is 7.13. The highest BCUT2D eigenvalue weighted by atomic mass is 35.5. The molecule has 1 fully saturated rings. The van der Waals surface area contributed by atoms with Crippen molar-refractivity contribution in [2.24, 2.45) is 0 Å². The van der Waals surface area contributed by atoms with Gasteiger partial charge >= 0.3 is 5.69 Å². The van der Waals surface area contributed by atoms with Gasteiger partial charge in [0.2, 0.25) is 5.91 Å². The second kappa shape index (κ2) is 6.74. The Bertz CT molecular complexity index is 940. The lowest BCUT2D eigenvalue weighted by atomic mass is 10.0. The Labute approximate surface area is 159 Å². The van der Waals surface area contributed by atoms with E-state index in [2.05, 4.69) is 5.10 Å². The Hall–Kier alpha value is -2.22. The quantitative estimate of drug-likeness (QED) is 0.800. The summed E-state index contributed by atoms with van der Waals surface area (Å²) in [6.07, 6.45) is 1.39. The second-order valence-corrected chi connectivity index (χ2v) is 7.57. The number of rotatable bonds is 3. The van der Waals surface area contributed by atoms with Crippen molar-refractivity contribution < 1.29 is 13.6 Å². The zero-order valence-corrected chi connectivity index (χ0v) is 15.3. The molecule has 6 nitrogen and oxygen atoms in total. The summed E-state index contributed by atoms with van der Waals surface area (Å²) >= 11 is 5.99. The zero-order valence-electron chi connectivity index (χ0n) is 14.6. The number of carbonyl (C=O) groups excluding carboxylic acids is 1. The molecule has 1 amide bonds. The molecule has 1 atom stereocenters. The minimum absolute atomic E-state index is 0.0169. The lowest BCUT2D eigenvalue weighted by Crippen LogP contribution is -2.42. The molecule has 0 saturated carbocycles. The van der Waals surface area contributed by atoms with Crippen LogP contribution in [0.3, 0.4) is 0 Å². The number of carbonyl (C=O) groups is 1. The highest BCUT2D eigenvalue weighted by Crippen LogP contribution is 2.31. The van der Waals surface area contributed by atoms with Crippen molar-refractivity contribution in [3.63, 3.8) is 0 Å². The molecule has 4 rings (SSSR count). The normalized spacial score (nSPS) is 21.3. The number of aryl methyl sites for hydroxylation is 1. The average molecular weight is 397 g/mol. The zero-order chi connectivity index (χ0) is 19.2. The smallest absolute Gasteiger partial charge is 0.335 e. The van der Waals surface area contributed by atoms with Crippen molar-refractivity contribution in [1.29, 1.82) is 0 Å². The van der Waals surface area contributed by atoms with Crippen LogP contribution in [-0.2, 0) is 17.8 Å². The predicted molar refractivity (Wildman–Crippen MR) is 95.2 cm³/mol. The fourth-order valence-corrected chi connectivity index (χ4v) is 4.02. The minimum atomic E-state index is -2.85. The van der Waals surface area contributed by atoms with Gasteiger partial charge < -0.3 is 4.90 Å². The molecule has 0 radical (unpaired) electrons. The van der Waals surface area contributed by atoms with E-state index in [1.807, 2.05) is 6.07 Å². The first-order valence-electron chi connectivity index (χ1n) is 8.93. The third-order valence-electron chi connectivity index (χ3n) is 5.12. The van der Waals surface area contributed by atoms with Crippen LogP contribution in [0.5, 0.6) is 0 Å². The SMILES string of the molecule is O=C(C1CCCc2nn(Cc3cccc(Cl)c3)c(=O)n21)N1CCC(F)(F)C1. The number of nitrogens with zero attached hydrogens (tertiary/aromatic N) is 4. The molecule has 0 aliphatic carbocycles. The third kappa shape index (κ3) is 3.50. The molecule has 1 aromatic carbocycles. The number of benzene rings is 1. The Balaban J connectivity index is 1.62. The van der Waals surface area contributed by atoms with E-state index < -0.39 is 30.1 Å². The number of halogens is 3. The fraction of sp³-hybridized carbons (Fsp3) is 0.500. The summed E-state index contributed by atoms with van der Waals surface area (Å²) in [6.45, 7) is -0.325.